The molecule has 7 heteroatoms. The van der Waals surface area contributed by atoms with Crippen molar-refractivity contribution in [1.82, 2.24) is 0 Å². The average Bonchev–Trinajstić information content (AvgIpc) is 2.91. The molecule has 200 valence electrons. The molecule has 0 aromatic heterocycles. The topological polar surface area (TPSA) is 72.5 Å². The number of hydrogen-bond donors (Lipinski definition) is 0. The Kier molecular flexibility index (Phi) is 12.0. The number of carbonyl (C=O) groups excluding carboxylic acids is 1. The van der Waals surface area contributed by atoms with E-state index in [0.29, 0.717) is 39.1 Å². The molecule has 0 heterocycles. The first-order valence-electron chi connectivity index (χ1n) is 12.5. The molecule has 3 aromatic carbocycles. The van der Waals surface area contributed by atoms with Gasteiger partial charge in [-0.05, 0) is 47.7 Å². The third-order valence-corrected chi connectivity index (χ3v) is 6.12. The van der Waals surface area contributed by atoms with Gasteiger partial charge in [-0.25, -0.2) is 4.79 Å². The molecule has 7 nitrogen and oxygen atoms in total. The Morgan fingerprint density at radius 3 is 2.30 bits per heavy atom. The van der Waals surface area contributed by atoms with Gasteiger partial charge in [0.25, 0.3) is 0 Å². The van der Waals surface area contributed by atoms with Gasteiger partial charge < -0.3 is 28.4 Å². The molecular formula is C30H38O7. The second kappa shape index (κ2) is 15.4. The molecule has 0 aliphatic heterocycles. The van der Waals surface area contributed by atoms with Crippen molar-refractivity contribution >= 4 is 16.7 Å². The first-order valence-corrected chi connectivity index (χ1v) is 12.5. The molecule has 0 bridgehead atoms. The van der Waals surface area contributed by atoms with Crippen molar-refractivity contribution in [3.05, 3.63) is 83.9 Å². The van der Waals surface area contributed by atoms with Crippen molar-refractivity contribution in [2.45, 2.75) is 44.5 Å². The van der Waals surface area contributed by atoms with E-state index in [1.807, 2.05) is 79.7 Å². The summed E-state index contributed by atoms with van der Waals surface area (Å²) in [5.74, 6) is -0.431. The molecule has 3 rings (SSSR count). The van der Waals surface area contributed by atoms with E-state index in [9.17, 15) is 4.79 Å². The summed E-state index contributed by atoms with van der Waals surface area (Å²) < 4.78 is 33.3. The van der Waals surface area contributed by atoms with E-state index in [0.717, 1.165) is 21.9 Å². The van der Waals surface area contributed by atoms with Gasteiger partial charge in [-0.15, -0.1) is 0 Å². The fraction of sp³-hybridized carbons (Fsp3) is 0.433. The summed E-state index contributed by atoms with van der Waals surface area (Å²) in [7, 11) is 3.09. The van der Waals surface area contributed by atoms with E-state index in [1.165, 1.54) is 7.11 Å². The minimum atomic E-state index is -0.827. The molecule has 0 saturated carbocycles. The molecule has 0 N–H and O–H groups in total. The molecule has 0 spiro atoms. The highest BCUT2D eigenvalue weighted by atomic mass is 16.7. The number of methoxy groups -OCH3 is 2. The van der Waals surface area contributed by atoms with Crippen LogP contribution < -0.4 is 0 Å². The van der Waals surface area contributed by atoms with Crippen molar-refractivity contribution < 1.29 is 33.2 Å². The maximum absolute atomic E-state index is 13.3. The maximum Gasteiger partial charge on any atom is 0.340 e. The molecular weight excluding hydrogens is 472 g/mol. The SMILES string of the molecule is COCOCC[C@@](C)(CCCOCOCc1ccccc1)OC(=O)C(OC)c1ccc2ccccc2c1. The minimum Gasteiger partial charge on any atom is -0.457 e. The third-order valence-electron chi connectivity index (χ3n) is 6.12. The highest BCUT2D eigenvalue weighted by molar-refractivity contribution is 5.85. The molecule has 0 aliphatic rings. The van der Waals surface area contributed by atoms with Crippen molar-refractivity contribution in [3.8, 4) is 0 Å². The van der Waals surface area contributed by atoms with Crippen LogP contribution in [0.5, 0.6) is 0 Å². The maximum atomic E-state index is 13.3. The Labute approximate surface area is 219 Å². The lowest BCUT2D eigenvalue weighted by molar-refractivity contribution is -0.174. The summed E-state index contributed by atoms with van der Waals surface area (Å²) in [6, 6.07) is 23.8. The average molecular weight is 511 g/mol. The van der Waals surface area contributed by atoms with Crippen molar-refractivity contribution in [3.63, 3.8) is 0 Å². The molecule has 3 aromatic rings. The number of rotatable bonds is 17. The zero-order valence-corrected chi connectivity index (χ0v) is 22.0. The Balaban J connectivity index is 1.53. The van der Waals surface area contributed by atoms with Crippen LogP contribution in [0, 0.1) is 0 Å². The predicted molar refractivity (Wildman–Crippen MR) is 142 cm³/mol. The van der Waals surface area contributed by atoms with Crippen LogP contribution in [0.15, 0.2) is 72.8 Å². The van der Waals surface area contributed by atoms with E-state index < -0.39 is 17.7 Å². The number of ether oxygens (including phenoxy) is 6. The fourth-order valence-electron chi connectivity index (χ4n) is 4.09. The number of benzene rings is 3. The van der Waals surface area contributed by atoms with Crippen LogP contribution in [0.2, 0.25) is 0 Å². The number of esters is 1. The Morgan fingerprint density at radius 1 is 0.811 bits per heavy atom. The van der Waals surface area contributed by atoms with Gasteiger partial charge >= 0.3 is 5.97 Å². The van der Waals surface area contributed by atoms with E-state index in [1.54, 1.807) is 7.11 Å². The lowest BCUT2D eigenvalue weighted by Gasteiger charge is -2.31. The minimum absolute atomic E-state index is 0.184. The number of fused-ring (bicyclic) bond motifs is 1. The fourth-order valence-corrected chi connectivity index (χ4v) is 4.09. The van der Waals surface area contributed by atoms with Gasteiger partial charge in [0, 0.05) is 27.2 Å². The normalized spacial score (nSPS) is 13.8. The molecule has 0 amide bonds. The molecule has 1 unspecified atom stereocenters. The molecule has 2 atom stereocenters. The van der Waals surface area contributed by atoms with Crippen molar-refractivity contribution in [2.75, 3.05) is 41.0 Å². The van der Waals surface area contributed by atoms with Crippen molar-refractivity contribution in [2.24, 2.45) is 0 Å². The largest absolute Gasteiger partial charge is 0.457 e. The second-order valence-electron chi connectivity index (χ2n) is 9.12. The van der Waals surface area contributed by atoms with Crippen molar-refractivity contribution in [1.29, 1.82) is 0 Å². The van der Waals surface area contributed by atoms with Gasteiger partial charge in [0.1, 0.15) is 19.2 Å². The molecule has 0 fully saturated rings. The first-order chi connectivity index (χ1) is 18.0. The lowest BCUT2D eigenvalue weighted by atomic mass is 9.96. The van der Waals surface area contributed by atoms with Crippen LogP contribution in [-0.4, -0.2) is 52.6 Å². The molecule has 0 saturated heterocycles. The Bertz CT molecular complexity index is 1070. The van der Waals surface area contributed by atoms with E-state index in [2.05, 4.69) is 0 Å². The highest BCUT2D eigenvalue weighted by Gasteiger charge is 2.33. The summed E-state index contributed by atoms with van der Waals surface area (Å²) in [4.78, 5) is 13.3. The zero-order valence-electron chi connectivity index (χ0n) is 22.0. The molecule has 37 heavy (non-hydrogen) atoms. The van der Waals surface area contributed by atoms with Gasteiger partial charge in [0.05, 0.1) is 13.2 Å². The van der Waals surface area contributed by atoms with Crippen LogP contribution >= 0.6 is 0 Å². The Morgan fingerprint density at radius 2 is 1.54 bits per heavy atom. The standard InChI is InChI=1S/C30H38O7/c1-30(17-19-35-22-32-2,16-9-18-34-23-36-21-24-10-5-4-6-11-24)37-29(31)28(33-3)27-15-14-25-12-7-8-13-26(25)20-27/h4-8,10-15,20,28H,9,16-19,21-23H2,1-3H3/t28?,30-/m1/s1. The van der Waals surface area contributed by atoms with Gasteiger partial charge in [-0.2, -0.15) is 0 Å². The summed E-state index contributed by atoms with van der Waals surface area (Å²) in [6.07, 6.45) is 0.977. The quantitative estimate of drug-likeness (QED) is 0.129. The van der Waals surface area contributed by atoms with Gasteiger partial charge in [-0.1, -0.05) is 66.7 Å². The number of carbonyl (C=O) groups is 1. The monoisotopic (exact) mass is 510 g/mol. The molecule has 0 radical (unpaired) electrons. The lowest BCUT2D eigenvalue weighted by Crippen LogP contribution is -2.36. The van der Waals surface area contributed by atoms with E-state index in [4.69, 9.17) is 28.4 Å². The smallest absolute Gasteiger partial charge is 0.340 e. The highest BCUT2D eigenvalue weighted by Crippen LogP contribution is 2.29. The molecule has 0 aliphatic carbocycles. The van der Waals surface area contributed by atoms with E-state index >= 15 is 0 Å². The van der Waals surface area contributed by atoms with Crippen LogP contribution in [-0.2, 0) is 39.8 Å². The third kappa shape index (κ3) is 9.54. The van der Waals surface area contributed by atoms with Gasteiger partial charge in [0.2, 0.25) is 0 Å². The van der Waals surface area contributed by atoms with Crippen LogP contribution in [0.1, 0.15) is 43.4 Å². The van der Waals surface area contributed by atoms with E-state index in [-0.39, 0.29) is 13.6 Å². The summed E-state index contributed by atoms with van der Waals surface area (Å²) in [5, 5.41) is 2.14. The summed E-state index contributed by atoms with van der Waals surface area (Å²) in [6.45, 7) is 3.69. The van der Waals surface area contributed by atoms with Crippen LogP contribution in [0.4, 0.5) is 0 Å². The summed E-state index contributed by atoms with van der Waals surface area (Å²) >= 11 is 0. The van der Waals surface area contributed by atoms with Crippen LogP contribution in [0.25, 0.3) is 10.8 Å². The first kappa shape index (κ1) is 28.8. The van der Waals surface area contributed by atoms with Crippen LogP contribution in [0.3, 0.4) is 0 Å². The summed E-state index contributed by atoms with van der Waals surface area (Å²) in [5.41, 5.74) is 1.09. The predicted octanol–water partition coefficient (Wildman–Crippen LogP) is 5.81. The van der Waals surface area contributed by atoms with Gasteiger partial charge in [-0.3, -0.25) is 0 Å². The Hall–Kier alpha value is -2.81. The zero-order chi connectivity index (χ0) is 26.3. The second-order valence-corrected chi connectivity index (χ2v) is 9.12. The van der Waals surface area contributed by atoms with Gasteiger partial charge in [0.15, 0.2) is 6.10 Å². The number of hydrogen-bond acceptors (Lipinski definition) is 7.